The summed E-state index contributed by atoms with van der Waals surface area (Å²) in [5.74, 6) is 1.06. The average Bonchev–Trinajstić information content (AvgIpc) is 3.38. The number of nitrogen functional groups attached to an aromatic ring is 1. The lowest BCUT2D eigenvalue weighted by molar-refractivity contribution is 0.208. The molecule has 1 aliphatic heterocycles. The molecule has 1 aromatic carbocycles. The highest BCUT2D eigenvalue weighted by Crippen LogP contribution is 2.29. The molecule has 0 amide bonds. The van der Waals surface area contributed by atoms with Crippen molar-refractivity contribution in [1.29, 1.82) is 5.41 Å². The summed E-state index contributed by atoms with van der Waals surface area (Å²) in [6.07, 6.45) is 0. The zero-order valence-corrected chi connectivity index (χ0v) is 18.0. The number of anilines is 2. The number of aryl methyl sites for hydroxylation is 1. The summed E-state index contributed by atoms with van der Waals surface area (Å²) < 4.78 is 1.88. The minimum absolute atomic E-state index is 0. The molecule has 3 heterocycles. The maximum Gasteiger partial charge on any atom is 0.127 e. The van der Waals surface area contributed by atoms with Crippen molar-refractivity contribution in [2.75, 3.05) is 36.8 Å². The van der Waals surface area contributed by atoms with Crippen LogP contribution in [0, 0.1) is 5.41 Å². The topological polar surface area (TPSA) is 74.2 Å². The van der Waals surface area contributed by atoms with E-state index in [1.54, 1.807) is 11.3 Å². The standard InChI is InChI=1S/C22H28N6S.2CH4.H2/c1-15(2)27-8-10-28(11-9-27)21-14-19(25-26(21)3)22(24)17-13-16(6-7-18(17)23)20-5-4-12-29-20;;;/h4-7,12-15,24H,8-11,23H2,1-3H3;2*1H4;1H. The molecule has 1 aliphatic rings. The lowest BCUT2D eigenvalue weighted by Crippen LogP contribution is -2.49. The molecule has 3 aromatic rings. The van der Waals surface area contributed by atoms with Crippen molar-refractivity contribution in [1.82, 2.24) is 14.7 Å². The van der Waals surface area contributed by atoms with E-state index in [9.17, 15) is 0 Å². The van der Waals surface area contributed by atoms with E-state index in [1.165, 1.54) is 4.88 Å². The molecule has 6 nitrogen and oxygen atoms in total. The lowest BCUT2D eigenvalue weighted by Gasteiger charge is -2.37. The fourth-order valence-corrected chi connectivity index (χ4v) is 4.57. The molecule has 1 fully saturated rings. The first-order chi connectivity index (χ1) is 13.9. The molecule has 170 valence electrons. The smallest absolute Gasteiger partial charge is 0.127 e. The first-order valence-electron chi connectivity index (χ1n) is 10.00. The van der Waals surface area contributed by atoms with Gasteiger partial charge < -0.3 is 10.6 Å². The minimum atomic E-state index is 0. The highest BCUT2D eigenvalue weighted by atomic mass is 32.1. The van der Waals surface area contributed by atoms with Crippen LogP contribution in [0.15, 0.2) is 41.8 Å². The molecular formula is C24H38N6S. The molecule has 0 atom stereocenters. The highest BCUT2D eigenvalue weighted by molar-refractivity contribution is 7.13. The number of thiophene rings is 1. The minimum Gasteiger partial charge on any atom is -0.398 e. The number of rotatable bonds is 5. The van der Waals surface area contributed by atoms with Gasteiger partial charge in [-0.2, -0.15) is 5.10 Å². The van der Waals surface area contributed by atoms with E-state index in [0.717, 1.165) is 43.1 Å². The van der Waals surface area contributed by atoms with Crippen molar-refractivity contribution < 1.29 is 1.43 Å². The van der Waals surface area contributed by atoms with Gasteiger partial charge in [-0.05, 0) is 43.0 Å². The Morgan fingerprint density at radius 1 is 1.13 bits per heavy atom. The average molecular weight is 443 g/mol. The van der Waals surface area contributed by atoms with Crippen LogP contribution in [0.3, 0.4) is 0 Å². The second kappa shape index (κ2) is 10.1. The van der Waals surface area contributed by atoms with E-state index in [1.807, 2.05) is 42.1 Å². The van der Waals surface area contributed by atoms with Gasteiger partial charge in [-0.1, -0.05) is 27.0 Å². The third kappa shape index (κ3) is 4.99. The number of benzene rings is 1. The molecule has 3 N–H and O–H groups in total. The molecule has 1 saturated heterocycles. The second-order valence-electron chi connectivity index (χ2n) is 7.78. The molecule has 0 spiro atoms. The summed E-state index contributed by atoms with van der Waals surface area (Å²) in [6, 6.07) is 12.6. The van der Waals surface area contributed by atoms with Gasteiger partial charge in [0, 0.05) is 62.9 Å². The van der Waals surface area contributed by atoms with Crippen LogP contribution in [-0.4, -0.2) is 52.6 Å². The molecule has 0 radical (unpaired) electrons. The van der Waals surface area contributed by atoms with E-state index in [4.69, 9.17) is 11.1 Å². The van der Waals surface area contributed by atoms with Crippen molar-refractivity contribution in [2.24, 2.45) is 7.05 Å². The second-order valence-corrected chi connectivity index (χ2v) is 8.73. The summed E-state index contributed by atoms with van der Waals surface area (Å²) in [7, 11) is 1.95. The number of hydrogen-bond acceptors (Lipinski definition) is 6. The largest absolute Gasteiger partial charge is 0.398 e. The first-order valence-corrected chi connectivity index (χ1v) is 10.9. The molecular weight excluding hydrogens is 404 g/mol. The summed E-state index contributed by atoms with van der Waals surface area (Å²) >= 11 is 1.68. The third-order valence-corrected chi connectivity index (χ3v) is 6.53. The normalized spacial score (nSPS) is 14.3. The fourth-order valence-electron chi connectivity index (χ4n) is 3.85. The summed E-state index contributed by atoms with van der Waals surface area (Å²) in [5, 5.41) is 15.5. The molecule has 0 unspecified atom stereocenters. The highest BCUT2D eigenvalue weighted by Gasteiger charge is 2.23. The molecule has 7 heteroatoms. The summed E-state index contributed by atoms with van der Waals surface area (Å²) in [6.45, 7) is 8.53. The van der Waals surface area contributed by atoms with Gasteiger partial charge in [-0.15, -0.1) is 11.3 Å². The monoisotopic (exact) mass is 442 g/mol. The van der Waals surface area contributed by atoms with Crippen molar-refractivity contribution in [3.05, 3.63) is 53.0 Å². The Bertz CT molecular complexity index is 1000. The Labute approximate surface area is 192 Å². The quantitative estimate of drug-likeness (QED) is 0.421. The van der Waals surface area contributed by atoms with Crippen molar-refractivity contribution in [3.8, 4) is 10.4 Å². The fraction of sp³-hybridized carbons (Fsp3) is 0.417. The van der Waals surface area contributed by atoms with Crippen LogP contribution in [0.5, 0.6) is 0 Å². The van der Waals surface area contributed by atoms with Crippen LogP contribution in [0.1, 0.15) is 41.4 Å². The lowest BCUT2D eigenvalue weighted by atomic mass is 10.0. The van der Waals surface area contributed by atoms with Crippen LogP contribution in [0.25, 0.3) is 10.4 Å². The number of nitrogens with one attached hydrogen (secondary N) is 1. The van der Waals surface area contributed by atoms with Gasteiger partial charge in [0.25, 0.3) is 0 Å². The predicted molar refractivity (Wildman–Crippen MR) is 138 cm³/mol. The summed E-state index contributed by atoms with van der Waals surface area (Å²) in [5.41, 5.74) is 9.66. The van der Waals surface area contributed by atoms with E-state index >= 15 is 0 Å². The molecule has 0 aliphatic carbocycles. The van der Waals surface area contributed by atoms with Gasteiger partial charge in [0.1, 0.15) is 11.5 Å². The Morgan fingerprint density at radius 2 is 1.84 bits per heavy atom. The van der Waals surface area contributed by atoms with Gasteiger partial charge in [-0.25, -0.2) is 0 Å². The Balaban J connectivity index is 0.00000171. The molecule has 0 saturated carbocycles. The molecule has 4 rings (SSSR count). The zero-order chi connectivity index (χ0) is 20.5. The van der Waals surface area contributed by atoms with E-state index in [-0.39, 0.29) is 16.3 Å². The molecule has 2 aromatic heterocycles. The SMILES string of the molecule is C.C.CC(C)N1CCN(c2cc(C(=N)c3cc(-c4cccs4)ccc3N)nn2C)CC1.[HH]. The molecule has 0 bridgehead atoms. The molecule has 31 heavy (non-hydrogen) atoms. The first kappa shape index (κ1) is 24.6. The van der Waals surface area contributed by atoms with Gasteiger partial charge in [0.15, 0.2) is 0 Å². The van der Waals surface area contributed by atoms with E-state index in [0.29, 0.717) is 23.1 Å². The third-order valence-electron chi connectivity index (χ3n) is 5.61. The van der Waals surface area contributed by atoms with Gasteiger partial charge >= 0.3 is 0 Å². The van der Waals surface area contributed by atoms with Gasteiger partial charge in [0.2, 0.25) is 0 Å². The van der Waals surface area contributed by atoms with Gasteiger partial charge in [0.05, 0.1) is 5.71 Å². The number of hydrogen-bond donors (Lipinski definition) is 2. The van der Waals surface area contributed by atoms with Crippen molar-refractivity contribution in [3.63, 3.8) is 0 Å². The predicted octanol–water partition coefficient (Wildman–Crippen LogP) is 5.20. The van der Waals surface area contributed by atoms with Crippen LogP contribution >= 0.6 is 11.3 Å². The number of nitrogens with zero attached hydrogens (tertiary/aromatic N) is 4. The number of nitrogens with two attached hydrogens (primary N) is 1. The van der Waals surface area contributed by atoms with Crippen LogP contribution in [0.2, 0.25) is 0 Å². The number of aromatic nitrogens is 2. The van der Waals surface area contributed by atoms with Crippen LogP contribution < -0.4 is 10.6 Å². The van der Waals surface area contributed by atoms with Crippen molar-refractivity contribution in [2.45, 2.75) is 34.7 Å². The summed E-state index contributed by atoms with van der Waals surface area (Å²) in [4.78, 5) is 6.02. The van der Waals surface area contributed by atoms with Crippen molar-refractivity contribution >= 4 is 28.6 Å². The Morgan fingerprint density at radius 3 is 2.45 bits per heavy atom. The number of piperazine rings is 1. The van der Waals surface area contributed by atoms with E-state index < -0.39 is 0 Å². The van der Waals surface area contributed by atoms with E-state index in [2.05, 4.69) is 40.2 Å². The zero-order valence-electron chi connectivity index (χ0n) is 17.2. The Hall–Kier alpha value is -2.64. The van der Waals surface area contributed by atoms with Crippen LogP contribution in [-0.2, 0) is 7.05 Å². The Kier molecular flexibility index (Phi) is 8.03. The van der Waals surface area contributed by atoms with Crippen LogP contribution in [0.4, 0.5) is 11.5 Å². The maximum absolute atomic E-state index is 8.77. The maximum atomic E-state index is 8.77. The van der Waals surface area contributed by atoms with Gasteiger partial charge in [-0.3, -0.25) is 15.0 Å².